The van der Waals surface area contributed by atoms with Gasteiger partial charge in [-0.15, -0.1) is 0 Å². The van der Waals surface area contributed by atoms with Gasteiger partial charge in [0.15, 0.2) is 0 Å². The Hall–Kier alpha value is -1.81. The minimum Gasteiger partial charge on any atom is -0.368 e. The summed E-state index contributed by atoms with van der Waals surface area (Å²) in [6.45, 7) is -0.447. The quantitative estimate of drug-likeness (QED) is 0.832. The number of nitrogens with two attached hydrogens (primary N) is 2. The number of primary amides is 1. The third-order valence-corrected chi connectivity index (χ3v) is 3.32. The first kappa shape index (κ1) is 16.2. The number of rotatable bonds is 4. The van der Waals surface area contributed by atoms with Crippen molar-refractivity contribution in [1.82, 2.24) is 0 Å². The van der Waals surface area contributed by atoms with Crippen LogP contribution in [0.2, 0.25) is 0 Å². The van der Waals surface area contributed by atoms with Crippen LogP contribution in [0.1, 0.15) is 5.56 Å². The third-order valence-electron chi connectivity index (χ3n) is 2.41. The highest BCUT2D eigenvalue weighted by atomic mass is 32.2. The van der Waals surface area contributed by atoms with E-state index < -0.39 is 39.1 Å². The number of sulfonamides is 1. The predicted molar refractivity (Wildman–Crippen MR) is 65.3 cm³/mol. The zero-order valence-electron chi connectivity index (χ0n) is 10.3. The Morgan fingerprint density at radius 1 is 1.35 bits per heavy atom. The van der Waals surface area contributed by atoms with Crippen LogP contribution in [0.3, 0.4) is 0 Å². The summed E-state index contributed by atoms with van der Waals surface area (Å²) in [5.41, 5.74) is 3.32. The second kappa shape index (κ2) is 5.29. The smallest absolute Gasteiger partial charge is 0.368 e. The summed E-state index contributed by atoms with van der Waals surface area (Å²) in [6, 6.07) is 2.27. The number of hydrogen-bond donors (Lipinski definition) is 2. The molecule has 0 saturated heterocycles. The number of likely N-dealkylation sites (N-methyl/N-ethyl adjacent to an activating group) is 1. The van der Waals surface area contributed by atoms with Crippen LogP contribution in [0.25, 0.3) is 0 Å². The highest BCUT2D eigenvalue weighted by molar-refractivity contribution is 7.89. The number of benzene rings is 1. The van der Waals surface area contributed by atoms with Gasteiger partial charge in [-0.05, 0) is 18.2 Å². The van der Waals surface area contributed by atoms with E-state index in [1.54, 1.807) is 0 Å². The summed E-state index contributed by atoms with van der Waals surface area (Å²) in [7, 11) is -3.03. The number of amides is 1. The number of alkyl halides is 3. The molecule has 1 aromatic carbocycles. The molecule has 0 heterocycles. The average molecular weight is 311 g/mol. The van der Waals surface area contributed by atoms with Crippen molar-refractivity contribution in [2.75, 3.05) is 18.5 Å². The van der Waals surface area contributed by atoms with Gasteiger partial charge in [0.25, 0.3) is 0 Å². The second-order valence-corrected chi connectivity index (χ2v) is 5.61. The van der Waals surface area contributed by atoms with Crippen LogP contribution in [0, 0.1) is 0 Å². The van der Waals surface area contributed by atoms with Crippen molar-refractivity contribution in [2.24, 2.45) is 10.9 Å². The number of carbonyl (C=O) groups is 1. The molecule has 0 aliphatic carbocycles. The standard InChI is InChI=1S/C10H12F3N3O3S/c1-16(5-9(14)17)8-3-2-6(20(15,18)19)4-7(8)10(11,12)13/h2-4H,5H2,1H3,(H2,14,17)(H2,15,18,19). The molecule has 10 heteroatoms. The minimum atomic E-state index is -4.80. The van der Waals surface area contributed by atoms with Gasteiger partial charge >= 0.3 is 6.18 Å². The summed E-state index contributed by atoms with van der Waals surface area (Å²) in [4.78, 5) is 11.1. The largest absolute Gasteiger partial charge is 0.418 e. The molecule has 20 heavy (non-hydrogen) atoms. The molecule has 0 atom stereocenters. The zero-order valence-corrected chi connectivity index (χ0v) is 11.1. The van der Waals surface area contributed by atoms with Crippen LogP contribution in [-0.2, 0) is 21.0 Å². The van der Waals surface area contributed by atoms with Gasteiger partial charge in [-0.2, -0.15) is 13.2 Å². The highest BCUT2D eigenvalue weighted by Gasteiger charge is 2.35. The van der Waals surface area contributed by atoms with Crippen LogP contribution in [0.15, 0.2) is 23.1 Å². The van der Waals surface area contributed by atoms with Crippen LogP contribution < -0.4 is 15.8 Å². The molecule has 1 rings (SSSR count). The van der Waals surface area contributed by atoms with Gasteiger partial charge in [-0.1, -0.05) is 0 Å². The van der Waals surface area contributed by atoms with Crippen molar-refractivity contribution < 1.29 is 26.4 Å². The van der Waals surface area contributed by atoms with Crippen molar-refractivity contribution in [3.8, 4) is 0 Å². The van der Waals surface area contributed by atoms with Crippen LogP contribution >= 0.6 is 0 Å². The molecule has 0 aliphatic rings. The molecule has 1 amide bonds. The second-order valence-electron chi connectivity index (χ2n) is 4.04. The molecule has 4 N–H and O–H groups in total. The normalized spacial score (nSPS) is 12.2. The van der Waals surface area contributed by atoms with Gasteiger partial charge in [0.2, 0.25) is 15.9 Å². The number of halogens is 3. The monoisotopic (exact) mass is 311 g/mol. The molecule has 6 nitrogen and oxygen atoms in total. The molecule has 0 aromatic heterocycles. The maximum atomic E-state index is 12.9. The molecule has 0 aliphatic heterocycles. The van der Waals surface area contributed by atoms with Crippen molar-refractivity contribution >= 4 is 21.6 Å². The summed E-state index contributed by atoms with van der Waals surface area (Å²) < 4.78 is 61.0. The predicted octanol–water partition coefficient (Wildman–Crippen LogP) is 0.274. The summed E-state index contributed by atoms with van der Waals surface area (Å²) in [5, 5.41) is 4.79. The van der Waals surface area contributed by atoms with Gasteiger partial charge in [0.05, 0.1) is 17.0 Å². The molecule has 1 aromatic rings. The lowest BCUT2D eigenvalue weighted by Gasteiger charge is -2.22. The maximum Gasteiger partial charge on any atom is 0.418 e. The molecule has 0 unspecified atom stereocenters. The molecule has 0 fully saturated rings. The lowest BCUT2D eigenvalue weighted by Crippen LogP contribution is -2.32. The number of anilines is 1. The molecule has 112 valence electrons. The van der Waals surface area contributed by atoms with E-state index in [0.29, 0.717) is 6.07 Å². The van der Waals surface area contributed by atoms with E-state index in [-0.39, 0.29) is 5.69 Å². The molecule has 0 radical (unpaired) electrons. The van der Waals surface area contributed by atoms with Crippen molar-refractivity contribution in [3.05, 3.63) is 23.8 Å². The van der Waals surface area contributed by atoms with Crippen LogP contribution in [0.4, 0.5) is 18.9 Å². The zero-order chi connectivity index (χ0) is 15.7. The summed E-state index contributed by atoms with van der Waals surface area (Å²) in [6.07, 6.45) is -4.80. The number of carbonyl (C=O) groups excluding carboxylic acids is 1. The van der Waals surface area contributed by atoms with Crippen molar-refractivity contribution in [3.63, 3.8) is 0 Å². The lowest BCUT2D eigenvalue weighted by molar-refractivity contribution is -0.137. The Labute approximate surface area is 113 Å². The van der Waals surface area contributed by atoms with E-state index in [1.165, 1.54) is 7.05 Å². The first-order valence-electron chi connectivity index (χ1n) is 5.16. The van der Waals surface area contributed by atoms with E-state index in [0.717, 1.165) is 17.0 Å². The first-order valence-corrected chi connectivity index (χ1v) is 6.71. The Kier molecular flexibility index (Phi) is 4.30. The molecule has 0 saturated carbocycles. The lowest BCUT2D eigenvalue weighted by atomic mass is 10.1. The molecular weight excluding hydrogens is 299 g/mol. The minimum absolute atomic E-state index is 0.372. The van der Waals surface area contributed by atoms with E-state index in [2.05, 4.69) is 0 Å². The Bertz CT molecular complexity index is 628. The Morgan fingerprint density at radius 3 is 2.30 bits per heavy atom. The fourth-order valence-corrected chi connectivity index (χ4v) is 2.11. The Balaban J connectivity index is 3.43. The van der Waals surface area contributed by atoms with Crippen molar-refractivity contribution in [2.45, 2.75) is 11.1 Å². The molecule has 0 spiro atoms. The van der Waals surface area contributed by atoms with Crippen molar-refractivity contribution in [1.29, 1.82) is 0 Å². The molecular formula is C10H12F3N3O3S. The van der Waals surface area contributed by atoms with E-state index in [9.17, 15) is 26.4 Å². The number of nitrogens with zero attached hydrogens (tertiary/aromatic N) is 1. The van der Waals surface area contributed by atoms with Crippen LogP contribution in [-0.4, -0.2) is 27.9 Å². The fraction of sp³-hybridized carbons (Fsp3) is 0.300. The van der Waals surface area contributed by atoms with E-state index in [4.69, 9.17) is 10.9 Å². The average Bonchev–Trinajstić information content (AvgIpc) is 2.24. The van der Waals surface area contributed by atoms with Gasteiger partial charge in [0, 0.05) is 12.7 Å². The number of primary sulfonamides is 1. The SMILES string of the molecule is CN(CC(N)=O)c1ccc(S(N)(=O)=O)cc1C(F)(F)F. The van der Waals surface area contributed by atoms with Gasteiger partial charge in [0.1, 0.15) is 0 Å². The third kappa shape index (κ3) is 3.84. The topological polar surface area (TPSA) is 106 Å². The van der Waals surface area contributed by atoms with Gasteiger partial charge < -0.3 is 10.6 Å². The number of hydrogen-bond acceptors (Lipinski definition) is 4. The summed E-state index contributed by atoms with van der Waals surface area (Å²) in [5.74, 6) is -0.823. The van der Waals surface area contributed by atoms with E-state index in [1.807, 2.05) is 0 Å². The Morgan fingerprint density at radius 2 is 1.90 bits per heavy atom. The first-order chi connectivity index (χ1) is 8.93. The highest BCUT2D eigenvalue weighted by Crippen LogP contribution is 2.37. The summed E-state index contributed by atoms with van der Waals surface area (Å²) >= 11 is 0. The van der Waals surface area contributed by atoms with E-state index >= 15 is 0 Å². The molecule has 0 bridgehead atoms. The fourth-order valence-electron chi connectivity index (χ4n) is 1.57. The van der Waals surface area contributed by atoms with Gasteiger partial charge in [-0.3, -0.25) is 4.79 Å². The van der Waals surface area contributed by atoms with Crippen LogP contribution in [0.5, 0.6) is 0 Å². The van der Waals surface area contributed by atoms with Gasteiger partial charge in [-0.25, -0.2) is 13.6 Å². The maximum absolute atomic E-state index is 12.9.